The van der Waals surface area contributed by atoms with Crippen LogP contribution in [0.2, 0.25) is 0 Å². The Bertz CT molecular complexity index is 932. The maximum Gasteiger partial charge on any atom is 0.246 e. The van der Waals surface area contributed by atoms with Gasteiger partial charge < -0.3 is 10.6 Å². The van der Waals surface area contributed by atoms with E-state index in [0.29, 0.717) is 18.0 Å². The first-order valence-electron chi connectivity index (χ1n) is 8.13. The number of fused-ring (bicyclic) bond motifs is 1. The number of amides is 1. The van der Waals surface area contributed by atoms with Gasteiger partial charge in [-0.2, -0.15) is 5.10 Å². The summed E-state index contributed by atoms with van der Waals surface area (Å²) in [5.74, 6) is 0.378. The van der Waals surface area contributed by atoms with Crippen molar-refractivity contribution in [1.29, 1.82) is 0 Å². The standard InChI is InChI=1S/C17H18N6OS/c1-2-13(24)22-7-3-5-11(9-22)23-17-14(16(18)19-10-20-17)15(21-23)12-6-4-8-25-12/h2,4,6,8,10-11H,1,3,5,7,9H2,(H2,18,19,20). The Labute approximate surface area is 148 Å². The lowest BCUT2D eigenvalue weighted by molar-refractivity contribution is -0.127. The van der Waals surface area contributed by atoms with Gasteiger partial charge in [0.1, 0.15) is 17.8 Å². The van der Waals surface area contributed by atoms with Crippen LogP contribution in [-0.4, -0.2) is 43.6 Å². The zero-order valence-electron chi connectivity index (χ0n) is 13.6. The number of carbonyl (C=O) groups excluding carboxylic acids is 1. The van der Waals surface area contributed by atoms with Gasteiger partial charge in [0.25, 0.3) is 0 Å². The number of piperidine rings is 1. The topological polar surface area (TPSA) is 89.9 Å². The molecular formula is C17H18N6OS. The Morgan fingerprint density at radius 3 is 3.08 bits per heavy atom. The van der Waals surface area contributed by atoms with Gasteiger partial charge in [0.15, 0.2) is 5.65 Å². The molecule has 3 aromatic rings. The van der Waals surface area contributed by atoms with Gasteiger partial charge in [-0.05, 0) is 30.4 Å². The summed E-state index contributed by atoms with van der Waals surface area (Å²) < 4.78 is 1.91. The maximum atomic E-state index is 12.0. The molecule has 25 heavy (non-hydrogen) atoms. The molecule has 0 radical (unpaired) electrons. The minimum atomic E-state index is -0.0474. The Kier molecular flexibility index (Phi) is 3.96. The van der Waals surface area contributed by atoms with Crippen molar-refractivity contribution in [2.45, 2.75) is 18.9 Å². The second-order valence-corrected chi connectivity index (χ2v) is 6.96. The second kappa shape index (κ2) is 6.29. The van der Waals surface area contributed by atoms with E-state index in [0.717, 1.165) is 35.3 Å². The van der Waals surface area contributed by atoms with Crippen molar-refractivity contribution in [2.75, 3.05) is 18.8 Å². The molecule has 4 heterocycles. The molecule has 0 spiro atoms. The Morgan fingerprint density at radius 2 is 2.32 bits per heavy atom. The van der Waals surface area contributed by atoms with Crippen molar-refractivity contribution in [2.24, 2.45) is 0 Å². The number of nitrogen functional groups attached to an aromatic ring is 1. The lowest BCUT2D eigenvalue weighted by atomic mass is 10.1. The number of carbonyl (C=O) groups is 1. The lowest BCUT2D eigenvalue weighted by Crippen LogP contribution is -2.40. The van der Waals surface area contributed by atoms with E-state index in [2.05, 4.69) is 16.5 Å². The zero-order chi connectivity index (χ0) is 17.4. The van der Waals surface area contributed by atoms with Crippen LogP contribution in [0, 0.1) is 0 Å². The summed E-state index contributed by atoms with van der Waals surface area (Å²) in [5, 5.41) is 7.60. The van der Waals surface area contributed by atoms with Crippen LogP contribution in [0.1, 0.15) is 18.9 Å². The van der Waals surface area contributed by atoms with Gasteiger partial charge in [-0.15, -0.1) is 11.3 Å². The lowest BCUT2D eigenvalue weighted by Gasteiger charge is -2.32. The van der Waals surface area contributed by atoms with E-state index in [9.17, 15) is 4.79 Å². The first-order chi connectivity index (χ1) is 12.2. The van der Waals surface area contributed by atoms with Crippen LogP contribution >= 0.6 is 11.3 Å². The van der Waals surface area contributed by atoms with Crippen molar-refractivity contribution < 1.29 is 4.79 Å². The van der Waals surface area contributed by atoms with E-state index in [-0.39, 0.29) is 11.9 Å². The molecule has 7 nitrogen and oxygen atoms in total. The zero-order valence-corrected chi connectivity index (χ0v) is 14.4. The van der Waals surface area contributed by atoms with E-state index in [1.807, 2.05) is 27.1 Å². The minimum absolute atomic E-state index is 0.0474. The van der Waals surface area contributed by atoms with Gasteiger partial charge in [-0.25, -0.2) is 14.6 Å². The quantitative estimate of drug-likeness (QED) is 0.730. The molecule has 0 bridgehead atoms. The fourth-order valence-electron chi connectivity index (χ4n) is 3.32. The van der Waals surface area contributed by atoms with Crippen molar-refractivity contribution in [3.05, 3.63) is 36.5 Å². The van der Waals surface area contributed by atoms with E-state index in [1.165, 1.54) is 12.4 Å². The van der Waals surface area contributed by atoms with Gasteiger partial charge >= 0.3 is 0 Å². The highest BCUT2D eigenvalue weighted by Gasteiger charge is 2.28. The van der Waals surface area contributed by atoms with E-state index in [4.69, 9.17) is 10.8 Å². The molecule has 3 aromatic heterocycles. The van der Waals surface area contributed by atoms with Gasteiger partial charge in [-0.3, -0.25) is 4.79 Å². The van der Waals surface area contributed by atoms with Gasteiger partial charge in [0.05, 0.1) is 16.3 Å². The molecule has 1 unspecified atom stereocenters. The Hall–Kier alpha value is -2.74. The molecule has 0 saturated carbocycles. The van der Waals surface area contributed by atoms with E-state index < -0.39 is 0 Å². The first-order valence-corrected chi connectivity index (χ1v) is 9.01. The molecule has 2 N–H and O–H groups in total. The molecule has 1 atom stereocenters. The highest BCUT2D eigenvalue weighted by Crippen LogP contribution is 2.35. The van der Waals surface area contributed by atoms with Crippen LogP contribution in [0.3, 0.4) is 0 Å². The van der Waals surface area contributed by atoms with Crippen LogP contribution in [-0.2, 0) is 4.79 Å². The summed E-state index contributed by atoms with van der Waals surface area (Å²) in [6.07, 6.45) is 4.68. The molecule has 1 fully saturated rings. The summed E-state index contributed by atoms with van der Waals surface area (Å²) in [7, 11) is 0. The summed E-state index contributed by atoms with van der Waals surface area (Å²) >= 11 is 1.60. The van der Waals surface area contributed by atoms with Crippen LogP contribution in [0.15, 0.2) is 36.5 Å². The van der Waals surface area contributed by atoms with Crippen molar-refractivity contribution in [3.63, 3.8) is 0 Å². The smallest absolute Gasteiger partial charge is 0.246 e. The highest BCUT2D eigenvalue weighted by molar-refractivity contribution is 7.13. The van der Waals surface area contributed by atoms with Crippen LogP contribution in [0.5, 0.6) is 0 Å². The maximum absolute atomic E-state index is 12.0. The molecule has 8 heteroatoms. The predicted octanol–water partition coefficient (Wildman–Crippen LogP) is 2.49. The van der Waals surface area contributed by atoms with Gasteiger partial charge in [0.2, 0.25) is 5.91 Å². The van der Waals surface area contributed by atoms with E-state index in [1.54, 1.807) is 11.3 Å². The number of thiophene rings is 1. The number of aromatic nitrogens is 4. The molecule has 0 aliphatic carbocycles. The third kappa shape index (κ3) is 2.68. The average molecular weight is 354 g/mol. The van der Waals surface area contributed by atoms with Crippen LogP contribution in [0.4, 0.5) is 5.82 Å². The first kappa shape index (κ1) is 15.8. The average Bonchev–Trinajstić information content (AvgIpc) is 3.29. The number of nitrogens with two attached hydrogens (primary N) is 1. The van der Waals surface area contributed by atoms with Gasteiger partial charge in [-0.1, -0.05) is 12.6 Å². The number of hydrogen-bond donors (Lipinski definition) is 1. The number of hydrogen-bond acceptors (Lipinski definition) is 6. The van der Waals surface area contributed by atoms with Crippen molar-refractivity contribution in [1.82, 2.24) is 24.6 Å². The van der Waals surface area contributed by atoms with Crippen molar-refractivity contribution in [3.8, 4) is 10.6 Å². The summed E-state index contributed by atoms with van der Waals surface area (Å²) in [4.78, 5) is 23.4. The number of rotatable bonds is 3. The van der Waals surface area contributed by atoms with Crippen molar-refractivity contribution >= 4 is 34.1 Å². The minimum Gasteiger partial charge on any atom is -0.383 e. The Balaban J connectivity index is 1.81. The number of nitrogens with zero attached hydrogens (tertiary/aromatic N) is 5. The fraction of sp³-hybridized carbons (Fsp3) is 0.294. The third-order valence-corrected chi connectivity index (χ3v) is 5.38. The SMILES string of the molecule is C=CC(=O)N1CCCC(n2nc(-c3cccs3)c3c(N)ncnc32)C1. The number of likely N-dealkylation sites (tertiary alicyclic amines) is 1. The molecule has 4 rings (SSSR count). The van der Waals surface area contributed by atoms with E-state index >= 15 is 0 Å². The highest BCUT2D eigenvalue weighted by atomic mass is 32.1. The largest absolute Gasteiger partial charge is 0.383 e. The third-order valence-electron chi connectivity index (χ3n) is 4.50. The molecule has 1 aliphatic heterocycles. The fourth-order valence-corrected chi connectivity index (χ4v) is 4.03. The number of anilines is 1. The summed E-state index contributed by atoms with van der Waals surface area (Å²) in [5.41, 5.74) is 7.64. The predicted molar refractivity (Wildman–Crippen MR) is 98.1 cm³/mol. The molecule has 1 amide bonds. The summed E-state index contributed by atoms with van der Waals surface area (Å²) in [6.45, 7) is 4.92. The molecule has 128 valence electrons. The van der Waals surface area contributed by atoms with Crippen LogP contribution < -0.4 is 5.73 Å². The monoisotopic (exact) mass is 354 g/mol. The summed E-state index contributed by atoms with van der Waals surface area (Å²) in [6, 6.07) is 4.05. The van der Waals surface area contributed by atoms with Crippen LogP contribution in [0.25, 0.3) is 21.6 Å². The normalized spacial score (nSPS) is 17.8. The second-order valence-electron chi connectivity index (χ2n) is 6.01. The molecule has 1 saturated heterocycles. The Morgan fingerprint density at radius 1 is 1.44 bits per heavy atom. The molecule has 1 aliphatic rings. The molecule has 0 aromatic carbocycles. The molecular weight excluding hydrogens is 336 g/mol. The van der Waals surface area contributed by atoms with Gasteiger partial charge in [0, 0.05) is 13.1 Å².